The van der Waals surface area contributed by atoms with Gasteiger partial charge in [0.05, 0.1) is 0 Å². The van der Waals surface area contributed by atoms with Crippen LogP contribution in [0.3, 0.4) is 0 Å². The summed E-state index contributed by atoms with van der Waals surface area (Å²) in [4.78, 5) is 0. The Morgan fingerprint density at radius 1 is 0.727 bits per heavy atom. The van der Waals surface area contributed by atoms with Crippen molar-refractivity contribution in [2.75, 3.05) is 0 Å². The van der Waals surface area contributed by atoms with E-state index in [-0.39, 0.29) is 0 Å². The number of hydrogen-bond acceptors (Lipinski definition) is 0. The zero-order chi connectivity index (χ0) is 15.4. The van der Waals surface area contributed by atoms with Crippen molar-refractivity contribution < 1.29 is 0 Å². The van der Waals surface area contributed by atoms with Crippen LogP contribution in [0.1, 0.15) is 90.9 Å². The Balaban J connectivity index is 1.47. The molecule has 0 amide bonds. The molecule has 3 aliphatic rings. The first-order chi connectivity index (χ1) is 10.8. The third-order valence-electron chi connectivity index (χ3n) is 7.41. The Kier molecular flexibility index (Phi) is 6.05. The van der Waals surface area contributed by atoms with E-state index in [4.69, 9.17) is 0 Å². The van der Waals surface area contributed by atoms with Crippen molar-refractivity contribution in [1.29, 1.82) is 0 Å². The fourth-order valence-corrected chi connectivity index (χ4v) is 6.19. The Morgan fingerprint density at radius 3 is 2.00 bits per heavy atom. The molecule has 0 nitrogen and oxygen atoms in total. The molecule has 0 aromatic rings. The summed E-state index contributed by atoms with van der Waals surface area (Å²) < 4.78 is 0. The summed E-state index contributed by atoms with van der Waals surface area (Å²) in [5.41, 5.74) is 0. The van der Waals surface area contributed by atoms with Gasteiger partial charge in [0.2, 0.25) is 0 Å². The summed E-state index contributed by atoms with van der Waals surface area (Å²) in [6.07, 6.45) is 23.1. The van der Waals surface area contributed by atoms with Crippen molar-refractivity contribution in [1.82, 2.24) is 0 Å². The smallest absolute Gasteiger partial charge is 0.0231 e. The van der Waals surface area contributed by atoms with Gasteiger partial charge in [-0.15, -0.1) is 0 Å². The first-order valence-electron chi connectivity index (χ1n) is 10.4. The van der Waals surface area contributed by atoms with E-state index in [1.54, 1.807) is 44.9 Å². The molecule has 4 unspecified atom stereocenters. The molecule has 0 heterocycles. The van der Waals surface area contributed by atoms with E-state index in [1.807, 2.05) is 0 Å². The molecular weight excluding hydrogens is 264 g/mol. The molecule has 0 aromatic heterocycles. The van der Waals surface area contributed by atoms with Gasteiger partial charge in [0.15, 0.2) is 0 Å². The number of fused-ring (bicyclic) bond motifs is 1. The lowest BCUT2D eigenvalue weighted by atomic mass is 9.61. The van der Waals surface area contributed by atoms with Gasteiger partial charge in [-0.05, 0) is 93.8 Å². The molecule has 3 fully saturated rings. The molecule has 3 rings (SSSR count). The van der Waals surface area contributed by atoms with Gasteiger partial charge in [-0.2, -0.15) is 0 Å². The molecule has 0 aliphatic heterocycles. The molecule has 3 aliphatic carbocycles. The molecule has 22 heavy (non-hydrogen) atoms. The second-order valence-corrected chi connectivity index (χ2v) is 8.76. The average Bonchev–Trinajstić information content (AvgIpc) is 2.56. The zero-order valence-corrected chi connectivity index (χ0v) is 15.1. The summed E-state index contributed by atoms with van der Waals surface area (Å²) >= 11 is 0. The summed E-state index contributed by atoms with van der Waals surface area (Å²) in [5.74, 6) is 6.35. The number of allylic oxidation sites excluding steroid dienone is 2. The highest BCUT2D eigenvalue weighted by atomic mass is 14.4. The van der Waals surface area contributed by atoms with Gasteiger partial charge in [-0.3, -0.25) is 0 Å². The molecule has 0 radical (unpaired) electrons. The van der Waals surface area contributed by atoms with Crippen molar-refractivity contribution >= 4 is 0 Å². The third-order valence-corrected chi connectivity index (χ3v) is 7.41. The minimum atomic E-state index is 0.910. The fourth-order valence-electron chi connectivity index (χ4n) is 6.19. The topological polar surface area (TPSA) is 0 Å². The molecule has 0 saturated heterocycles. The molecular formula is C22H38. The highest BCUT2D eigenvalue weighted by molar-refractivity contribution is 4.95. The Hall–Kier alpha value is -0.260. The summed E-state index contributed by atoms with van der Waals surface area (Å²) in [6, 6.07) is 0. The van der Waals surface area contributed by atoms with Crippen LogP contribution in [0.5, 0.6) is 0 Å². The predicted molar refractivity (Wildman–Crippen MR) is 96.8 cm³/mol. The van der Waals surface area contributed by atoms with Crippen molar-refractivity contribution in [3.63, 3.8) is 0 Å². The Morgan fingerprint density at radius 2 is 1.32 bits per heavy atom. The van der Waals surface area contributed by atoms with Gasteiger partial charge >= 0.3 is 0 Å². The molecule has 0 heteroatoms. The van der Waals surface area contributed by atoms with Gasteiger partial charge in [-0.1, -0.05) is 44.8 Å². The SMILES string of the molecule is C/C=C/C1CCC2CC(C3CCC(CCC)CC3)CCC2C1. The van der Waals surface area contributed by atoms with Gasteiger partial charge in [0.1, 0.15) is 0 Å². The number of hydrogen-bond donors (Lipinski definition) is 0. The second-order valence-electron chi connectivity index (χ2n) is 8.76. The van der Waals surface area contributed by atoms with Crippen LogP contribution in [0.15, 0.2) is 12.2 Å². The first-order valence-corrected chi connectivity index (χ1v) is 10.4. The molecule has 126 valence electrons. The van der Waals surface area contributed by atoms with E-state index in [0.717, 1.165) is 35.5 Å². The quantitative estimate of drug-likeness (QED) is 0.490. The molecule has 0 aromatic carbocycles. The maximum atomic E-state index is 2.48. The van der Waals surface area contributed by atoms with Crippen LogP contribution >= 0.6 is 0 Å². The lowest BCUT2D eigenvalue weighted by molar-refractivity contribution is 0.0671. The highest BCUT2D eigenvalue weighted by Crippen LogP contribution is 2.49. The lowest BCUT2D eigenvalue weighted by Gasteiger charge is -2.45. The van der Waals surface area contributed by atoms with Crippen molar-refractivity contribution in [2.24, 2.45) is 35.5 Å². The molecule has 0 spiro atoms. The van der Waals surface area contributed by atoms with Gasteiger partial charge in [0, 0.05) is 0 Å². The number of rotatable bonds is 4. The van der Waals surface area contributed by atoms with Gasteiger partial charge < -0.3 is 0 Å². The molecule has 4 atom stereocenters. The Labute approximate surface area is 139 Å². The molecule has 0 N–H and O–H groups in total. The Bertz CT molecular complexity index is 347. The maximum Gasteiger partial charge on any atom is -0.0231 e. The van der Waals surface area contributed by atoms with Crippen LogP contribution < -0.4 is 0 Å². The van der Waals surface area contributed by atoms with Crippen LogP contribution in [-0.2, 0) is 0 Å². The van der Waals surface area contributed by atoms with E-state index in [9.17, 15) is 0 Å². The van der Waals surface area contributed by atoms with Gasteiger partial charge in [-0.25, -0.2) is 0 Å². The van der Waals surface area contributed by atoms with Crippen molar-refractivity contribution in [3.8, 4) is 0 Å². The van der Waals surface area contributed by atoms with Crippen LogP contribution in [-0.4, -0.2) is 0 Å². The van der Waals surface area contributed by atoms with E-state index < -0.39 is 0 Å². The minimum Gasteiger partial charge on any atom is -0.0914 e. The third kappa shape index (κ3) is 3.98. The monoisotopic (exact) mass is 302 g/mol. The second kappa shape index (κ2) is 8.02. The summed E-state index contributed by atoms with van der Waals surface area (Å²) in [6.45, 7) is 4.55. The van der Waals surface area contributed by atoms with Gasteiger partial charge in [0.25, 0.3) is 0 Å². The summed E-state index contributed by atoms with van der Waals surface area (Å²) in [7, 11) is 0. The maximum absolute atomic E-state index is 2.48. The highest BCUT2D eigenvalue weighted by Gasteiger charge is 2.38. The van der Waals surface area contributed by atoms with Crippen LogP contribution in [0.2, 0.25) is 0 Å². The normalized spacial score (nSPS) is 43.2. The van der Waals surface area contributed by atoms with E-state index >= 15 is 0 Å². The standard InChI is InChI=1S/C22H38/c1-3-5-17-7-10-19(11-8-17)21-14-13-20-15-18(6-4-2)9-12-22(20)16-21/h4,6,17-22H,3,5,7-16H2,1-2H3/b6-4+. The predicted octanol–water partition coefficient (Wildman–Crippen LogP) is 7.00. The first kappa shape index (κ1) is 16.6. The van der Waals surface area contributed by atoms with Crippen LogP contribution in [0, 0.1) is 35.5 Å². The van der Waals surface area contributed by atoms with E-state index in [2.05, 4.69) is 26.0 Å². The van der Waals surface area contributed by atoms with E-state index in [1.165, 1.54) is 32.1 Å². The van der Waals surface area contributed by atoms with Crippen molar-refractivity contribution in [3.05, 3.63) is 12.2 Å². The minimum absolute atomic E-state index is 0.910. The largest absolute Gasteiger partial charge is 0.0914 e. The van der Waals surface area contributed by atoms with Crippen LogP contribution in [0.4, 0.5) is 0 Å². The summed E-state index contributed by atoms with van der Waals surface area (Å²) in [5, 5.41) is 0. The average molecular weight is 303 g/mol. The zero-order valence-electron chi connectivity index (χ0n) is 15.1. The molecule has 0 bridgehead atoms. The van der Waals surface area contributed by atoms with Crippen molar-refractivity contribution in [2.45, 2.75) is 90.9 Å². The lowest BCUT2D eigenvalue weighted by Crippen LogP contribution is -2.34. The van der Waals surface area contributed by atoms with E-state index in [0.29, 0.717) is 0 Å². The molecule has 3 saturated carbocycles. The fraction of sp³-hybridized carbons (Fsp3) is 0.909. The van der Waals surface area contributed by atoms with Crippen LogP contribution in [0.25, 0.3) is 0 Å².